The molecule has 0 bridgehead atoms. The number of halogens is 1. The summed E-state index contributed by atoms with van der Waals surface area (Å²) in [6.07, 6.45) is 6.39. The zero-order valence-electron chi connectivity index (χ0n) is 16.9. The van der Waals surface area contributed by atoms with E-state index in [-0.39, 0.29) is 30.1 Å². The molecule has 3 heterocycles. The highest BCUT2D eigenvalue weighted by Crippen LogP contribution is 2.11. The summed E-state index contributed by atoms with van der Waals surface area (Å²) in [7, 11) is 0. The predicted molar refractivity (Wildman–Crippen MR) is 122 cm³/mol. The molecule has 2 fully saturated rings. The summed E-state index contributed by atoms with van der Waals surface area (Å²) in [6, 6.07) is 4.33. The summed E-state index contributed by atoms with van der Waals surface area (Å²) in [4.78, 5) is 7.27. The summed E-state index contributed by atoms with van der Waals surface area (Å²) in [5.74, 6) is 1.84. The molecule has 2 N–H and O–H groups in total. The molecule has 3 rings (SSSR count). The van der Waals surface area contributed by atoms with Gasteiger partial charge in [-0.2, -0.15) is 0 Å². The van der Waals surface area contributed by atoms with Gasteiger partial charge in [-0.1, -0.05) is 0 Å². The minimum atomic E-state index is 0. The molecule has 1 aromatic heterocycles. The molecule has 0 saturated carbocycles. The summed E-state index contributed by atoms with van der Waals surface area (Å²) in [6.45, 7) is 9.08. The van der Waals surface area contributed by atoms with E-state index >= 15 is 0 Å². The van der Waals surface area contributed by atoms with Crippen molar-refractivity contribution in [3.05, 3.63) is 24.2 Å². The van der Waals surface area contributed by atoms with Crippen molar-refractivity contribution in [1.82, 2.24) is 15.5 Å². The van der Waals surface area contributed by atoms with Gasteiger partial charge in [0.1, 0.15) is 5.76 Å². The fraction of sp³-hybridized carbons (Fsp3) is 0.750. The van der Waals surface area contributed by atoms with Crippen LogP contribution in [0.15, 0.2) is 27.8 Å². The van der Waals surface area contributed by atoms with Crippen LogP contribution in [-0.2, 0) is 15.9 Å². The second-order valence-corrected chi connectivity index (χ2v) is 7.31. The number of morpholine rings is 1. The molecule has 0 radical (unpaired) electrons. The molecule has 8 heteroatoms. The van der Waals surface area contributed by atoms with Crippen LogP contribution in [0.25, 0.3) is 0 Å². The van der Waals surface area contributed by atoms with Crippen molar-refractivity contribution in [3.63, 3.8) is 0 Å². The molecule has 0 spiro atoms. The Labute approximate surface area is 185 Å². The van der Waals surface area contributed by atoms with E-state index in [4.69, 9.17) is 18.9 Å². The van der Waals surface area contributed by atoms with Crippen LogP contribution in [-0.4, -0.2) is 75.5 Å². The lowest BCUT2D eigenvalue weighted by atomic mass is 10.1. The summed E-state index contributed by atoms with van der Waals surface area (Å²) in [5, 5.41) is 6.90. The number of nitrogens with zero attached hydrogens (tertiary/aromatic N) is 2. The first-order valence-corrected chi connectivity index (χ1v) is 10.3. The number of ether oxygens (including phenoxy) is 2. The third kappa shape index (κ3) is 8.26. The maximum atomic E-state index is 5.83. The molecule has 0 aromatic carbocycles. The number of guanidine groups is 1. The lowest BCUT2D eigenvalue weighted by molar-refractivity contribution is 0.0192. The molecule has 2 aliphatic heterocycles. The second-order valence-electron chi connectivity index (χ2n) is 7.31. The third-order valence-electron chi connectivity index (χ3n) is 5.20. The zero-order valence-corrected chi connectivity index (χ0v) is 19.2. The standard InChI is InChI=1S/C20H34N4O3.HI/c1-17(24-9-13-25-14-10-24)15-22-20(21-8-7-18-6-4-12-26-18)23-16-19-5-2-3-11-27-19;/h4,6,12,17,19H,2-3,5,7-11,13-16H2,1H3,(H2,21,22,23);1H. The Morgan fingerprint density at radius 1 is 1.25 bits per heavy atom. The van der Waals surface area contributed by atoms with E-state index in [0.29, 0.717) is 6.04 Å². The molecule has 0 aliphatic carbocycles. The molecule has 1 aromatic rings. The van der Waals surface area contributed by atoms with Gasteiger partial charge in [0.25, 0.3) is 0 Å². The molecule has 28 heavy (non-hydrogen) atoms. The van der Waals surface area contributed by atoms with Gasteiger partial charge in [0.2, 0.25) is 0 Å². The normalized spacial score (nSPS) is 22.3. The van der Waals surface area contributed by atoms with Gasteiger partial charge in [-0.15, -0.1) is 24.0 Å². The fourth-order valence-corrected chi connectivity index (χ4v) is 3.47. The zero-order chi connectivity index (χ0) is 18.7. The van der Waals surface area contributed by atoms with Crippen LogP contribution >= 0.6 is 24.0 Å². The topological polar surface area (TPSA) is 71.3 Å². The van der Waals surface area contributed by atoms with Gasteiger partial charge < -0.3 is 24.5 Å². The highest BCUT2D eigenvalue weighted by molar-refractivity contribution is 14.0. The molecule has 160 valence electrons. The molecule has 0 amide bonds. The van der Waals surface area contributed by atoms with Crippen molar-refractivity contribution in [3.8, 4) is 0 Å². The quantitative estimate of drug-likeness (QED) is 0.320. The average Bonchev–Trinajstić information content (AvgIpc) is 3.24. The smallest absolute Gasteiger partial charge is 0.191 e. The number of nitrogens with one attached hydrogen (secondary N) is 2. The van der Waals surface area contributed by atoms with Crippen LogP contribution in [0.2, 0.25) is 0 Å². The van der Waals surface area contributed by atoms with E-state index < -0.39 is 0 Å². The van der Waals surface area contributed by atoms with Gasteiger partial charge in [-0.25, -0.2) is 0 Å². The van der Waals surface area contributed by atoms with E-state index in [1.54, 1.807) is 6.26 Å². The van der Waals surface area contributed by atoms with E-state index in [1.807, 2.05) is 12.1 Å². The Morgan fingerprint density at radius 3 is 2.82 bits per heavy atom. The van der Waals surface area contributed by atoms with E-state index in [1.165, 1.54) is 12.8 Å². The van der Waals surface area contributed by atoms with Crippen LogP contribution in [0.1, 0.15) is 31.9 Å². The Balaban J connectivity index is 0.00000280. The second kappa shape index (κ2) is 13.4. The monoisotopic (exact) mass is 506 g/mol. The molecular formula is C20H35IN4O3. The van der Waals surface area contributed by atoms with Gasteiger partial charge >= 0.3 is 0 Å². The number of rotatable bonds is 8. The Bertz CT molecular complexity index is 544. The van der Waals surface area contributed by atoms with Gasteiger partial charge in [0.15, 0.2) is 5.96 Å². The van der Waals surface area contributed by atoms with Gasteiger partial charge in [-0.05, 0) is 38.3 Å². The molecule has 2 unspecified atom stereocenters. The van der Waals surface area contributed by atoms with E-state index in [0.717, 1.165) is 77.1 Å². The highest BCUT2D eigenvalue weighted by Gasteiger charge is 2.17. The number of hydrogen-bond donors (Lipinski definition) is 2. The fourth-order valence-electron chi connectivity index (χ4n) is 3.47. The Hall–Kier alpha value is -0.840. The minimum absolute atomic E-state index is 0. The van der Waals surface area contributed by atoms with Crippen molar-refractivity contribution >= 4 is 29.9 Å². The number of aliphatic imine (C=N–C) groups is 1. The van der Waals surface area contributed by atoms with Gasteiger partial charge in [0, 0.05) is 45.2 Å². The van der Waals surface area contributed by atoms with Crippen LogP contribution in [0.3, 0.4) is 0 Å². The largest absolute Gasteiger partial charge is 0.469 e. The predicted octanol–water partition coefficient (Wildman–Crippen LogP) is 2.27. The minimum Gasteiger partial charge on any atom is -0.469 e. The first-order valence-electron chi connectivity index (χ1n) is 10.3. The first kappa shape index (κ1) is 23.4. The first-order chi connectivity index (χ1) is 13.3. The third-order valence-corrected chi connectivity index (χ3v) is 5.20. The van der Waals surface area contributed by atoms with Crippen molar-refractivity contribution in [2.24, 2.45) is 4.99 Å². The van der Waals surface area contributed by atoms with Crippen LogP contribution in [0.5, 0.6) is 0 Å². The summed E-state index contributed by atoms with van der Waals surface area (Å²) < 4.78 is 16.7. The lowest BCUT2D eigenvalue weighted by Crippen LogP contribution is -2.46. The average molecular weight is 506 g/mol. The Kier molecular flexibility index (Phi) is 11.2. The Morgan fingerprint density at radius 2 is 2.11 bits per heavy atom. The van der Waals surface area contributed by atoms with E-state index in [2.05, 4.69) is 22.5 Å². The summed E-state index contributed by atoms with van der Waals surface area (Å²) in [5.41, 5.74) is 0. The molecular weight excluding hydrogens is 471 g/mol. The highest BCUT2D eigenvalue weighted by atomic mass is 127. The SMILES string of the molecule is CC(CN=C(NCCc1ccco1)NCC1CCCCO1)N1CCOCC1.I. The molecule has 7 nitrogen and oxygen atoms in total. The van der Waals surface area contributed by atoms with Crippen molar-refractivity contribution in [2.45, 2.75) is 44.8 Å². The van der Waals surface area contributed by atoms with Crippen LogP contribution in [0.4, 0.5) is 0 Å². The van der Waals surface area contributed by atoms with Crippen molar-refractivity contribution in [2.75, 3.05) is 52.5 Å². The molecule has 2 saturated heterocycles. The maximum absolute atomic E-state index is 5.83. The lowest BCUT2D eigenvalue weighted by Gasteiger charge is -2.31. The maximum Gasteiger partial charge on any atom is 0.191 e. The molecule has 2 aliphatic rings. The van der Waals surface area contributed by atoms with Gasteiger partial charge in [-0.3, -0.25) is 9.89 Å². The van der Waals surface area contributed by atoms with Crippen LogP contribution < -0.4 is 10.6 Å². The van der Waals surface area contributed by atoms with E-state index in [9.17, 15) is 0 Å². The van der Waals surface area contributed by atoms with Gasteiger partial charge in [0.05, 0.1) is 32.1 Å². The van der Waals surface area contributed by atoms with Crippen molar-refractivity contribution < 1.29 is 13.9 Å². The molecule has 2 atom stereocenters. The summed E-state index contributed by atoms with van der Waals surface area (Å²) >= 11 is 0. The van der Waals surface area contributed by atoms with Crippen molar-refractivity contribution in [1.29, 1.82) is 0 Å². The number of furan rings is 1. The number of hydrogen-bond acceptors (Lipinski definition) is 5. The van der Waals surface area contributed by atoms with Crippen LogP contribution in [0, 0.1) is 0 Å².